The summed E-state index contributed by atoms with van der Waals surface area (Å²) >= 11 is 0. The van der Waals surface area contributed by atoms with Crippen LogP contribution in [0.5, 0.6) is 0 Å². The minimum absolute atomic E-state index is 0. The number of benzene rings is 5. The standard InChI is InChI=1S/C42H36N4O.Pt/c1-28(2)33-15-6-7-16-34(33)29-23-24-43-41(25-29)45-37-18-9-8-17-35(37)36-22-21-31(27-40(36)45)42(3,4)30-13-12-14-32(26-30)46-39-20-11-10-19-38(39)44(5)47-46;/h6-25,28H,1-5H3;/q-2;/p+1/i5D3;. The van der Waals surface area contributed by atoms with Crippen molar-refractivity contribution in [3.05, 3.63) is 150 Å². The van der Waals surface area contributed by atoms with Gasteiger partial charge in [-0.3, -0.25) is 0 Å². The summed E-state index contributed by atoms with van der Waals surface area (Å²) in [6.45, 7) is 6.36. The van der Waals surface area contributed by atoms with Crippen molar-refractivity contribution >= 4 is 38.9 Å². The van der Waals surface area contributed by atoms with Crippen LogP contribution < -0.4 is 10.1 Å². The second-order valence-electron chi connectivity index (χ2n) is 12.9. The molecule has 5 aromatic carbocycles. The molecule has 48 heavy (non-hydrogen) atoms. The van der Waals surface area contributed by atoms with E-state index in [1.54, 1.807) is 11.1 Å². The van der Waals surface area contributed by atoms with Gasteiger partial charge in [0, 0.05) is 38.5 Å². The van der Waals surface area contributed by atoms with E-state index in [-0.39, 0.29) is 21.1 Å². The van der Waals surface area contributed by atoms with Gasteiger partial charge in [-0.2, -0.15) is 46.4 Å². The molecule has 0 aliphatic carbocycles. The molecule has 0 saturated carbocycles. The molecule has 1 N–H and O–H groups in total. The van der Waals surface area contributed by atoms with Gasteiger partial charge in [0.2, 0.25) is 0 Å². The topological polar surface area (TPSA) is 37.1 Å². The Morgan fingerprint density at radius 2 is 1.52 bits per heavy atom. The fraction of sp³-hybridized carbons (Fsp3) is 0.167. The molecule has 6 heteroatoms. The zero-order valence-corrected chi connectivity index (χ0v) is 29.4. The van der Waals surface area contributed by atoms with E-state index in [0.29, 0.717) is 23.0 Å². The summed E-state index contributed by atoms with van der Waals surface area (Å²) in [5.74, 6) is 1.22. The molecule has 0 radical (unpaired) electrons. The molecule has 0 saturated heterocycles. The number of nitrogens with zero attached hydrogens (tertiary/aromatic N) is 4. The van der Waals surface area contributed by atoms with Crippen molar-refractivity contribution in [1.29, 1.82) is 0 Å². The molecular formula is C42H37N4OPt-. The third-order valence-corrected chi connectivity index (χ3v) is 9.32. The van der Waals surface area contributed by atoms with Crippen LogP contribution in [0.3, 0.4) is 0 Å². The van der Waals surface area contributed by atoms with E-state index in [9.17, 15) is 0 Å². The number of hydrogen-bond acceptors (Lipinski definition) is 3. The van der Waals surface area contributed by atoms with E-state index in [0.717, 1.165) is 49.4 Å². The van der Waals surface area contributed by atoms with Crippen LogP contribution >= 0.6 is 0 Å². The third kappa shape index (κ3) is 5.22. The Morgan fingerprint density at radius 3 is 2.35 bits per heavy atom. The largest absolute Gasteiger partial charge is 0.319 e. The van der Waals surface area contributed by atoms with Crippen LogP contribution in [0.4, 0.5) is 17.1 Å². The van der Waals surface area contributed by atoms with Crippen LogP contribution in [0, 0.1) is 12.1 Å². The van der Waals surface area contributed by atoms with Gasteiger partial charge in [0.05, 0.1) is 11.1 Å². The predicted octanol–water partition coefficient (Wildman–Crippen LogP) is 10.3. The Labute approximate surface area is 300 Å². The Morgan fingerprint density at radius 1 is 0.771 bits per heavy atom. The summed E-state index contributed by atoms with van der Waals surface area (Å²) in [6.07, 6.45) is 1.89. The van der Waals surface area contributed by atoms with Crippen molar-refractivity contribution in [3.63, 3.8) is 0 Å². The number of anilines is 3. The average molecular weight is 812 g/mol. The maximum atomic E-state index is 8.05. The number of hydrogen-bond donors (Lipinski definition) is 0. The quantitative estimate of drug-likeness (QED) is 0.124. The van der Waals surface area contributed by atoms with E-state index in [1.165, 1.54) is 11.1 Å². The van der Waals surface area contributed by atoms with Crippen LogP contribution in [-0.2, 0) is 26.5 Å². The summed E-state index contributed by atoms with van der Waals surface area (Å²) in [4.78, 5) is 9.41. The predicted molar refractivity (Wildman–Crippen MR) is 193 cm³/mol. The number of rotatable bonds is 6. The van der Waals surface area contributed by atoms with Gasteiger partial charge in [-0.25, -0.2) is 4.98 Å². The molecule has 3 heterocycles. The maximum Gasteiger partial charge on any atom is 0.145 e. The van der Waals surface area contributed by atoms with Gasteiger partial charge >= 0.3 is 0 Å². The molecule has 242 valence electrons. The monoisotopic (exact) mass is 811 g/mol. The fourth-order valence-corrected chi connectivity index (χ4v) is 6.74. The molecule has 1 aliphatic rings. The molecule has 0 amide bonds. The van der Waals surface area contributed by atoms with E-state index in [4.69, 9.17) is 9.10 Å². The number of aromatic nitrogens is 2. The Kier molecular flexibility index (Phi) is 7.31. The number of pyridine rings is 1. The first-order valence-electron chi connectivity index (χ1n) is 17.5. The zero-order valence-electron chi connectivity index (χ0n) is 30.2. The molecule has 0 bridgehead atoms. The minimum atomic E-state index is -2.42. The van der Waals surface area contributed by atoms with Crippen LogP contribution in [-0.4, -0.2) is 21.5 Å². The molecule has 0 unspecified atom stereocenters. The van der Waals surface area contributed by atoms with Crippen LogP contribution in [0.25, 0.3) is 38.8 Å². The molecule has 2 aromatic heterocycles. The maximum absolute atomic E-state index is 8.05. The number of hydroxylamine groups is 1. The molecular weight excluding hydrogens is 772 g/mol. The Hall–Kier alpha value is -4.70. The van der Waals surface area contributed by atoms with E-state index < -0.39 is 12.4 Å². The van der Waals surface area contributed by atoms with Gasteiger partial charge in [0.1, 0.15) is 17.2 Å². The summed E-state index contributed by atoms with van der Waals surface area (Å²) in [6, 6.07) is 46.3. The summed E-state index contributed by atoms with van der Waals surface area (Å²) < 4.78 is 26.4. The van der Waals surface area contributed by atoms with Crippen molar-refractivity contribution in [3.8, 4) is 16.9 Å². The SMILES string of the molecule is [2H]C([2H])([2H])N1[OH+]N(c2[c-]c(C(C)(C)c3[c-]c4c(cc3)c3ccccc3n4-c3cc(-c4ccccc4C(C)C)ccn3)ccc2)c2ccccc21.[Pt]. The normalized spacial score (nSPS) is 14.1. The van der Waals surface area contributed by atoms with Crippen molar-refractivity contribution in [2.24, 2.45) is 0 Å². The van der Waals surface area contributed by atoms with E-state index >= 15 is 0 Å². The van der Waals surface area contributed by atoms with Gasteiger partial charge < -0.3 is 4.57 Å². The summed E-state index contributed by atoms with van der Waals surface area (Å²) in [7, 11) is 0. The number of para-hydroxylation sites is 3. The third-order valence-electron chi connectivity index (χ3n) is 9.32. The number of fused-ring (bicyclic) bond motifs is 4. The molecule has 7 aromatic rings. The summed E-state index contributed by atoms with van der Waals surface area (Å²) in [5, 5.41) is 4.99. The van der Waals surface area contributed by atoms with Crippen LogP contribution in [0.15, 0.2) is 121 Å². The van der Waals surface area contributed by atoms with Crippen molar-refractivity contribution in [2.75, 3.05) is 17.1 Å². The second kappa shape index (κ2) is 12.4. The van der Waals surface area contributed by atoms with Gasteiger partial charge in [-0.05, 0) is 63.7 Å². The molecule has 8 rings (SSSR count). The first-order chi connectivity index (χ1) is 24.0. The zero-order chi connectivity index (χ0) is 34.8. The molecule has 0 atom stereocenters. The smallest absolute Gasteiger partial charge is 0.145 e. The van der Waals surface area contributed by atoms with Crippen molar-refractivity contribution < 1.29 is 30.1 Å². The van der Waals surface area contributed by atoms with Crippen molar-refractivity contribution in [1.82, 2.24) is 9.55 Å². The fourth-order valence-electron chi connectivity index (χ4n) is 6.74. The van der Waals surface area contributed by atoms with Gasteiger partial charge in [0.15, 0.2) is 0 Å². The van der Waals surface area contributed by atoms with E-state index in [2.05, 4.69) is 128 Å². The molecule has 0 spiro atoms. The Balaban J connectivity index is 0.00000406. The van der Waals surface area contributed by atoms with Gasteiger partial charge in [-0.15, -0.1) is 27.6 Å². The molecule has 1 aliphatic heterocycles. The van der Waals surface area contributed by atoms with Gasteiger partial charge in [0.25, 0.3) is 0 Å². The van der Waals surface area contributed by atoms with Crippen LogP contribution in [0.2, 0.25) is 0 Å². The van der Waals surface area contributed by atoms with Crippen LogP contribution in [0.1, 0.15) is 54.4 Å². The minimum Gasteiger partial charge on any atom is -0.319 e. The van der Waals surface area contributed by atoms with E-state index in [1.807, 2.05) is 36.5 Å². The first-order valence-corrected chi connectivity index (χ1v) is 16.0. The first kappa shape index (κ1) is 28.3. The summed E-state index contributed by atoms with van der Waals surface area (Å²) in [5.41, 5.74) is 8.95. The second-order valence-corrected chi connectivity index (χ2v) is 12.9. The average Bonchev–Trinajstić information content (AvgIpc) is 3.68. The Bertz CT molecular complexity index is 2400. The molecule has 5 nitrogen and oxygen atoms in total. The van der Waals surface area contributed by atoms with Gasteiger partial charge in [-0.1, -0.05) is 87.8 Å². The molecule has 0 fully saturated rings. The van der Waals surface area contributed by atoms with Crippen molar-refractivity contribution in [2.45, 2.75) is 39.0 Å².